The van der Waals surface area contributed by atoms with E-state index in [1.54, 1.807) is 0 Å². The lowest BCUT2D eigenvalue weighted by atomic mass is 9.74. The SMILES string of the molecule is CCCCCCCCCCCCCN(CCCCCCCCCCCCC)CC1CC(CN(CCCCCCCCCCCCC)CCCCCCCCCCCCC)CC(CN(CCCCCCCCCCCCC)CCCCCCCCCCCCC)C1. The van der Waals surface area contributed by atoms with Gasteiger partial charge in [-0.25, -0.2) is 0 Å². The molecule has 1 aliphatic carbocycles. The van der Waals surface area contributed by atoms with Crippen molar-refractivity contribution >= 4 is 0 Å². The van der Waals surface area contributed by atoms with Crippen LogP contribution in [0.1, 0.15) is 485 Å². The summed E-state index contributed by atoms with van der Waals surface area (Å²) in [5, 5.41) is 0. The summed E-state index contributed by atoms with van der Waals surface area (Å²) in [5.41, 5.74) is 0. The molecule has 1 aliphatic rings. The molecule has 1 rings (SSSR count). The number of hydrogen-bond acceptors (Lipinski definition) is 3. The highest BCUT2D eigenvalue weighted by molar-refractivity contribution is 4.85. The maximum absolute atomic E-state index is 3.09. The van der Waals surface area contributed by atoms with Gasteiger partial charge < -0.3 is 14.7 Å². The molecular weight excluding hydrogens is 1090 g/mol. The minimum absolute atomic E-state index is 0.880. The fourth-order valence-electron chi connectivity index (χ4n) is 16.1. The minimum Gasteiger partial charge on any atom is -0.303 e. The van der Waals surface area contributed by atoms with E-state index in [9.17, 15) is 0 Å². The van der Waals surface area contributed by atoms with Gasteiger partial charge in [-0.3, -0.25) is 0 Å². The molecule has 0 radical (unpaired) electrons. The molecule has 3 nitrogen and oxygen atoms in total. The molecule has 0 aromatic rings. The van der Waals surface area contributed by atoms with Crippen molar-refractivity contribution in [2.24, 2.45) is 17.8 Å². The summed E-state index contributed by atoms with van der Waals surface area (Å²) in [4.78, 5) is 9.27. The molecule has 90 heavy (non-hydrogen) atoms. The Bertz CT molecular complexity index is 1050. The van der Waals surface area contributed by atoms with E-state index in [1.807, 2.05) is 0 Å². The Morgan fingerprint density at radius 3 is 0.356 bits per heavy atom. The Kier molecular flexibility index (Phi) is 72.9. The van der Waals surface area contributed by atoms with Crippen LogP contribution in [-0.4, -0.2) is 73.6 Å². The first kappa shape index (κ1) is 87.9. The third-order valence-corrected chi connectivity index (χ3v) is 22.0. The van der Waals surface area contributed by atoms with Gasteiger partial charge in [0.15, 0.2) is 0 Å². The van der Waals surface area contributed by atoms with Gasteiger partial charge in [-0.1, -0.05) is 427 Å². The lowest BCUT2D eigenvalue weighted by Gasteiger charge is -2.41. The summed E-state index contributed by atoms with van der Waals surface area (Å²) < 4.78 is 0. The standard InChI is InChI=1S/C87H177N3/c1-7-13-19-25-31-37-43-49-55-61-67-73-88(74-68-62-56-50-44-38-32-26-20-14-8-2)82-85-79-86(83-89(75-69-63-57-51-45-39-33-27-21-15-9-3)76-70-64-58-52-46-40-34-28-22-16-10-4)81-87(80-85)84-90(77-71-65-59-53-47-41-35-29-23-17-11-5)78-72-66-60-54-48-42-36-30-24-18-12-6/h85-87H,7-84H2,1-6H3. The minimum atomic E-state index is 0.880. The zero-order valence-corrected chi connectivity index (χ0v) is 64.2. The topological polar surface area (TPSA) is 9.72 Å². The number of unbranched alkanes of at least 4 members (excludes halogenated alkanes) is 60. The molecule has 0 atom stereocenters. The summed E-state index contributed by atoms with van der Waals surface area (Å²) in [6.45, 7) is 26.5. The quantitative estimate of drug-likeness (QED) is 0.0562. The predicted octanol–water partition coefficient (Wildman–Crippen LogP) is 29.8. The second-order valence-electron chi connectivity index (χ2n) is 31.4. The Morgan fingerprint density at radius 2 is 0.244 bits per heavy atom. The molecule has 0 aromatic carbocycles. The van der Waals surface area contributed by atoms with Crippen molar-refractivity contribution in [3.63, 3.8) is 0 Å². The average molecular weight is 1270 g/mol. The number of nitrogens with zero attached hydrogens (tertiary/aromatic N) is 3. The Hall–Kier alpha value is -0.120. The van der Waals surface area contributed by atoms with Crippen LogP contribution in [0.2, 0.25) is 0 Å². The highest BCUT2D eigenvalue weighted by atomic mass is 15.1. The van der Waals surface area contributed by atoms with E-state index in [2.05, 4.69) is 56.2 Å². The van der Waals surface area contributed by atoms with Crippen LogP contribution in [0, 0.1) is 17.8 Å². The number of rotatable bonds is 78. The van der Waals surface area contributed by atoms with E-state index in [-0.39, 0.29) is 0 Å². The van der Waals surface area contributed by atoms with E-state index in [4.69, 9.17) is 0 Å². The van der Waals surface area contributed by atoms with Gasteiger partial charge in [0.25, 0.3) is 0 Å². The maximum Gasteiger partial charge on any atom is 0.000988 e. The van der Waals surface area contributed by atoms with Gasteiger partial charge in [0, 0.05) is 19.6 Å². The van der Waals surface area contributed by atoms with Gasteiger partial charge >= 0.3 is 0 Å². The van der Waals surface area contributed by atoms with Gasteiger partial charge in [-0.15, -0.1) is 0 Å². The van der Waals surface area contributed by atoms with Crippen LogP contribution in [0.3, 0.4) is 0 Å². The van der Waals surface area contributed by atoms with Crippen LogP contribution < -0.4 is 0 Å². The Morgan fingerprint density at radius 1 is 0.144 bits per heavy atom. The summed E-state index contributed by atoms with van der Waals surface area (Å²) in [6, 6.07) is 0. The Labute approximate surface area is 572 Å². The molecule has 1 fully saturated rings. The molecule has 540 valence electrons. The van der Waals surface area contributed by atoms with Crippen molar-refractivity contribution in [2.45, 2.75) is 485 Å². The van der Waals surface area contributed by atoms with Crippen LogP contribution in [0.5, 0.6) is 0 Å². The van der Waals surface area contributed by atoms with Crippen molar-refractivity contribution in [1.29, 1.82) is 0 Å². The summed E-state index contributed by atoms with van der Waals surface area (Å²) in [6.07, 6.45) is 101. The lowest BCUT2D eigenvalue weighted by molar-refractivity contribution is 0.0871. The fraction of sp³-hybridized carbons (Fsp3) is 1.00. The molecule has 0 amide bonds. The second-order valence-corrected chi connectivity index (χ2v) is 31.4. The predicted molar refractivity (Wildman–Crippen MR) is 412 cm³/mol. The first-order valence-electron chi connectivity index (χ1n) is 43.8. The normalized spacial score (nSPS) is 15.5. The van der Waals surface area contributed by atoms with Crippen LogP contribution in [0.25, 0.3) is 0 Å². The maximum atomic E-state index is 3.09. The molecule has 0 aliphatic heterocycles. The van der Waals surface area contributed by atoms with Gasteiger partial charge in [-0.05, 0) is 115 Å². The van der Waals surface area contributed by atoms with E-state index in [0.29, 0.717) is 0 Å². The third-order valence-electron chi connectivity index (χ3n) is 22.0. The van der Waals surface area contributed by atoms with E-state index < -0.39 is 0 Å². The average Bonchev–Trinajstić information content (AvgIpc) is 3.04. The largest absolute Gasteiger partial charge is 0.303 e. The van der Waals surface area contributed by atoms with Gasteiger partial charge in [-0.2, -0.15) is 0 Å². The summed E-state index contributed by atoms with van der Waals surface area (Å²) in [5.74, 6) is 2.64. The van der Waals surface area contributed by atoms with E-state index in [0.717, 1.165) is 17.8 Å². The highest BCUT2D eigenvalue weighted by Crippen LogP contribution is 2.36. The van der Waals surface area contributed by atoms with Crippen molar-refractivity contribution in [2.75, 3.05) is 58.9 Å². The van der Waals surface area contributed by atoms with Crippen LogP contribution in [0.4, 0.5) is 0 Å². The van der Waals surface area contributed by atoms with Gasteiger partial charge in [0.05, 0.1) is 0 Å². The van der Waals surface area contributed by atoms with Crippen molar-refractivity contribution in [1.82, 2.24) is 14.7 Å². The molecule has 1 saturated carbocycles. The first-order chi connectivity index (χ1) is 44.6. The molecule has 0 saturated heterocycles. The fourth-order valence-corrected chi connectivity index (χ4v) is 16.1. The second kappa shape index (κ2) is 74.7. The summed E-state index contributed by atoms with van der Waals surface area (Å²) >= 11 is 0. The van der Waals surface area contributed by atoms with Gasteiger partial charge in [0.1, 0.15) is 0 Å². The van der Waals surface area contributed by atoms with Gasteiger partial charge in [0.2, 0.25) is 0 Å². The monoisotopic (exact) mass is 1260 g/mol. The summed E-state index contributed by atoms with van der Waals surface area (Å²) in [7, 11) is 0. The highest BCUT2D eigenvalue weighted by Gasteiger charge is 2.32. The molecule has 3 heteroatoms. The molecule has 0 heterocycles. The molecule has 0 N–H and O–H groups in total. The van der Waals surface area contributed by atoms with Crippen LogP contribution in [-0.2, 0) is 0 Å². The van der Waals surface area contributed by atoms with E-state index >= 15 is 0 Å². The Balaban J connectivity index is 3.32. The number of hydrogen-bond donors (Lipinski definition) is 0. The van der Waals surface area contributed by atoms with Crippen molar-refractivity contribution < 1.29 is 0 Å². The van der Waals surface area contributed by atoms with Crippen LogP contribution in [0.15, 0.2) is 0 Å². The molecule has 0 bridgehead atoms. The molecule has 0 unspecified atom stereocenters. The smallest absolute Gasteiger partial charge is 0.000988 e. The van der Waals surface area contributed by atoms with Crippen LogP contribution >= 0.6 is 0 Å². The third kappa shape index (κ3) is 63.9. The van der Waals surface area contributed by atoms with Crippen molar-refractivity contribution in [3.05, 3.63) is 0 Å². The first-order valence-corrected chi connectivity index (χ1v) is 43.8. The molecule has 0 aromatic heterocycles. The molecular formula is C87H177N3. The lowest BCUT2D eigenvalue weighted by Crippen LogP contribution is -2.42. The molecule has 0 spiro atoms. The zero-order valence-electron chi connectivity index (χ0n) is 64.2. The van der Waals surface area contributed by atoms with Crippen molar-refractivity contribution in [3.8, 4) is 0 Å². The zero-order chi connectivity index (χ0) is 64.6. The van der Waals surface area contributed by atoms with E-state index in [1.165, 1.54) is 502 Å².